The highest BCUT2D eigenvalue weighted by Gasteiger charge is 2.36. The van der Waals surface area contributed by atoms with Gasteiger partial charge in [-0.15, -0.1) is 0 Å². The van der Waals surface area contributed by atoms with Gasteiger partial charge in [-0.3, -0.25) is 9.59 Å². The van der Waals surface area contributed by atoms with Gasteiger partial charge in [0.05, 0.1) is 5.56 Å². The summed E-state index contributed by atoms with van der Waals surface area (Å²) in [4.78, 5) is 39.4. The van der Waals surface area contributed by atoms with Crippen LogP contribution in [0.15, 0.2) is 78.0 Å². The highest BCUT2D eigenvalue weighted by Crippen LogP contribution is 2.32. The first-order chi connectivity index (χ1) is 16.4. The number of hydrogen-bond acceptors (Lipinski definition) is 5. The zero-order chi connectivity index (χ0) is 24.2. The van der Waals surface area contributed by atoms with E-state index in [1.807, 2.05) is 24.3 Å². The molecule has 0 fully saturated rings. The number of amidine groups is 1. The van der Waals surface area contributed by atoms with Gasteiger partial charge in [0.15, 0.2) is 5.84 Å². The molecule has 3 aromatic carbocycles. The lowest BCUT2D eigenvalue weighted by Crippen LogP contribution is -2.45. The fraction of sp³-hybridized carbons (Fsp3) is 0.120. The molecule has 5 N–H and O–H groups in total. The van der Waals surface area contributed by atoms with Crippen molar-refractivity contribution >= 4 is 29.3 Å². The SMILES string of the molecule is NC(=NO)c1ccc(C(=O)N2CCc3ccccc3C2C(=O)Nc2ccc(C(=O)O)cc2)cc1. The first kappa shape index (κ1) is 22.5. The number of carboxylic acid groups (broad SMARTS) is 1. The Morgan fingerprint density at radius 2 is 1.53 bits per heavy atom. The molecule has 3 aromatic rings. The molecule has 0 aromatic heterocycles. The second-order valence-electron chi connectivity index (χ2n) is 7.78. The average molecular weight is 458 g/mol. The number of nitrogens with one attached hydrogen (secondary N) is 1. The van der Waals surface area contributed by atoms with Gasteiger partial charge in [-0.05, 0) is 53.9 Å². The third kappa shape index (κ3) is 4.44. The number of fused-ring (bicyclic) bond motifs is 1. The fourth-order valence-electron chi connectivity index (χ4n) is 3.98. The normalized spacial score (nSPS) is 15.4. The van der Waals surface area contributed by atoms with Crippen LogP contribution in [0, 0.1) is 0 Å². The molecule has 1 atom stereocenters. The van der Waals surface area contributed by atoms with E-state index in [0.29, 0.717) is 29.8 Å². The zero-order valence-electron chi connectivity index (χ0n) is 18.0. The molecule has 1 heterocycles. The van der Waals surface area contributed by atoms with Crippen LogP contribution in [0.1, 0.15) is 43.4 Å². The maximum atomic E-state index is 13.4. The minimum Gasteiger partial charge on any atom is -0.478 e. The van der Waals surface area contributed by atoms with Crippen molar-refractivity contribution in [2.45, 2.75) is 12.5 Å². The molecule has 172 valence electrons. The topological polar surface area (TPSA) is 145 Å². The van der Waals surface area contributed by atoms with Crippen molar-refractivity contribution in [3.8, 4) is 0 Å². The Hall–Kier alpha value is -4.66. The number of aromatic carboxylic acids is 1. The summed E-state index contributed by atoms with van der Waals surface area (Å²) in [6.07, 6.45) is 0.598. The van der Waals surface area contributed by atoms with E-state index in [9.17, 15) is 14.4 Å². The van der Waals surface area contributed by atoms with E-state index in [1.54, 1.807) is 24.3 Å². The van der Waals surface area contributed by atoms with Crippen LogP contribution in [0.3, 0.4) is 0 Å². The van der Waals surface area contributed by atoms with Gasteiger partial charge in [0.2, 0.25) is 0 Å². The standard InChI is InChI=1S/C25H22N4O5/c26-22(28-34)16-5-7-17(8-6-16)24(31)29-14-13-15-3-1-2-4-20(15)21(29)23(30)27-19-11-9-18(10-12-19)25(32)33/h1-12,21,34H,13-14H2,(H2,26,28)(H,27,30)(H,32,33). The number of hydrogen-bond donors (Lipinski definition) is 4. The van der Waals surface area contributed by atoms with Crippen molar-refractivity contribution in [2.75, 3.05) is 11.9 Å². The number of benzene rings is 3. The highest BCUT2D eigenvalue weighted by molar-refractivity contribution is 6.03. The predicted molar refractivity (Wildman–Crippen MR) is 125 cm³/mol. The second kappa shape index (κ2) is 9.45. The molecule has 0 saturated carbocycles. The summed E-state index contributed by atoms with van der Waals surface area (Å²) < 4.78 is 0. The Morgan fingerprint density at radius 1 is 0.912 bits per heavy atom. The second-order valence-corrected chi connectivity index (χ2v) is 7.78. The third-order valence-corrected chi connectivity index (χ3v) is 5.73. The molecule has 0 radical (unpaired) electrons. The number of rotatable bonds is 5. The number of nitrogens with zero attached hydrogens (tertiary/aromatic N) is 2. The van der Waals surface area contributed by atoms with Crippen LogP contribution in [0.5, 0.6) is 0 Å². The smallest absolute Gasteiger partial charge is 0.335 e. The summed E-state index contributed by atoms with van der Waals surface area (Å²) >= 11 is 0. The first-order valence-corrected chi connectivity index (χ1v) is 10.5. The van der Waals surface area contributed by atoms with Crippen LogP contribution in [0.4, 0.5) is 5.69 Å². The Bertz CT molecular complexity index is 1270. The van der Waals surface area contributed by atoms with Gasteiger partial charge in [0.1, 0.15) is 6.04 Å². The summed E-state index contributed by atoms with van der Waals surface area (Å²) in [6, 6.07) is 18.7. The van der Waals surface area contributed by atoms with Gasteiger partial charge in [-0.2, -0.15) is 0 Å². The molecular formula is C25H22N4O5. The molecule has 0 aliphatic carbocycles. The molecule has 9 nitrogen and oxygen atoms in total. The number of nitrogens with two attached hydrogens (primary N) is 1. The largest absolute Gasteiger partial charge is 0.478 e. The van der Waals surface area contributed by atoms with Crippen LogP contribution < -0.4 is 11.1 Å². The number of oxime groups is 1. The van der Waals surface area contributed by atoms with Crippen LogP contribution in [0.2, 0.25) is 0 Å². The van der Waals surface area contributed by atoms with Gasteiger partial charge >= 0.3 is 5.97 Å². The number of amides is 2. The summed E-state index contributed by atoms with van der Waals surface area (Å²) in [5.74, 6) is -1.87. The summed E-state index contributed by atoms with van der Waals surface area (Å²) in [5, 5.41) is 23.7. The van der Waals surface area contributed by atoms with Gasteiger partial charge in [-0.25, -0.2) is 4.79 Å². The van der Waals surface area contributed by atoms with E-state index >= 15 is 0 Å². The van der Waals surface area contributed by atoms with E-state index in [2.05, 4.69) is 10.5 Å². The van der Waals surface area contributed by atoms with Crippen molar-refractivity contribution in [1.82, 2.24) is 4.90 Å². The Labute approximate surface area is 195 Å². The fourth-order valence-corrected chi connectivity index (χ4v) is 3.98. The van der Waals surface area contributed by atoms with Gasteiger partial charge < -0.3 is 26.3 Å². The van der Waals surface area contributed by atoms with Crippen LogP contribution in [0.25, 0.3) is 0 Å². The van der Waals surface area contributed by atoms with Crippen molar-refractivity contribution in [3.05, 3.63) is 101 Å². The van der Waals surface area contributed by atoms with Crippen LogP contribution in [-0.2, 0) is 11.2 Å². The molecule has 2 amide bonds. The average Bonchev–Trinajstić information content (AvgIpc) is 2.87. The number of carbonyl (C=O) groups excluding carboxylic acids is 2. The minimum absolute atomic E-state index is 0.0722. The molecule has 1 unspecified atom stereocenters. The van der Waals surface area contributed by atoms with Crippen LogP contribution >= 0.6 is 0 Å². The zero-order valence-corrected chi connectivity index (χ0v) is 18.0. The van der Waals surface area contributed by atoms with Gasteiger partial charge in [-0.1, -0.05) is 41.6 Å². The number of carboxylic acids is 1. The maximum absolute atomic E-state index is 13.4. The highest BCUT2D eigenvalue weighted by atomic mass is 16.4. The monoisotopic (exact) mass is 458 g/mol. The van der Waals surface area contributed by atoms with E-state index in [4.69, 9.17) is 16.0 Å². The van der Waals surface area contributed by atoms with Gasteiger partial charge in [0, 0.05) is 23.4 Å². The van der Waals surface area contributed by atoms with Crippen molar-refractivity contribution in [3.63, 3.8) is 0 Å². The Morgan fingerprint density at radius 3 is 2.18 bits per heavy atom. The van der Waals surface area contributed by atoms with Crippen molar-refractivity contribution in [2.24, 2.45) is 10.9 Å². The predicted octanol–water partition coefficient (Wildman–Crippen LogP) is 2.86. The molecule has 34 heavy (non-hydrogen) atoms. The van der Waals surface area contributed by atoms with E-state index < -0.39 is 17.9 Å². The lowest BCUT2D eigenvalue weighted by Gasteiger charge is -2.36. The van der Waals surface area contributed by atoms with E-state index in [0.717, 1.165) is 11.1 Å². The lowest BCUT2D eigenvalue weighted by molar-refractivity contribution is -0.121. The van der Waals surface area contributed by atoms with E-state index in [-0.39, 0.29) is 17.3 Å². The molecule has 0 spiro atoms. The molecule has 1 aliphatic heterocycles. The Kier molecular flexibility index (Phi) is 6.26. The molecule has 0 bridgehead atoms. The molecule has 9 heteroatoms. The summed E-state index contributed by atoms with van der Waals surface area (Å²) in [7, 11) is 0. The van der Waals surface area contributed by atoms with Crippen molar-refractivity contribution in [1.29, 1.82) is 0 Å². The Balaban J connectivity index is 1.64. The van der Waals surface area contributed by atoms with Crippen LogP contribution in [-0.4, -0.2) is 45.4 Å². The first-order valence-electron chi connectivity index (χ1n) is 10.5. The number of anilines is 1. The number of carbonyl (C=O) groups is 3. The molecular weight excluding hydrogens is 436 g/mol. The third-order valence-electron chi connectivity index (χ3n) is 5.73. The quantitative estimate of drug-likeness (QED) is 0.200. The molecule has 0 saturated heterocycles. The van der Waals surface area contributed by atoms with Gasteiger partial charge in [0.25, 0.3) is 11.8 Å². The minimum atomic E-state index is -1.06. The maximum Gasteiger partial charge on any atom is 0.335 e. The van der Waals surface area contributed by atoms with Crippen molar-refractivity contribution < 1.29 is 24.7 Å². The van der Waals surface area contributed by atoms with E-state index in [1.165, 1.54) is 29.2 Å². The summed E-state index contributed by atoms with van der Waals surface area (Å²) in [5.41, 5.74) is 8.66. The lowest BCUT2D eigenvalue weighted by atomic mass is 9.91. The molecule has 4 rings (SSSR count). The summed E-state index contributed by atoms with van der Waals surface area (Å²) in [6.45, 7) is 0.341. The molecule has 1 aliphatic rings.